The number of carbonyl (C=O) groups excluding carboxylic acids is 2. The number of hydrogen-bond donors (Lipinski definition) is 2. The molecule has 0 radical (unpaired) electrons. The number of nitrogens with one attached hydrogen (secondary N) is 2. The lowest BCUT2D eigenvalue weighted by Gasteiger charge is -2.31. The number of nitrogens with zero attached hydrogens (tertiary/aromatic N) is 2. The summed E-state index contributed by atoms with van der Waals surface area (Å²) in [4.78, 5) is 33.3. The van der Waals surface area contributed by atoms with Crippen molar-refractivity contribution in [3.8, 4) is 0 Å². The first-order valence-corrected chi connectivity index (χ1v) is 8.16. The maximum Gasteiger partial charge on any atom is 0.328 e. The van der Waals surface area contributed by atoms with E-state index < -0.39 is 12.0 Å². The van der Waals surface area contributed by atoms with Crippen molar-refractivity contribution in [3.05, 3.63) is 30.1 Å². The summed E-state index contributed by atoms with van der Waals surface area (Å²) >= 11 is 0. The van der Waals surface area contributed by atoms with Gasteiger partial charge in [-0.15, -0.1) is 0 Å². The van der Waals surface area contributed by atoms with Crippen LogP contribution < -0.4 is 5.32 Å². The highest BCUT2D eigenvalue weighted by Crippen LogP contribution is 2.27. The molecule has 1 aliphatic rings. The number of urea groups is 1. The highest BCUT2D eigenvalue weighted by atomic mass is 16.5. The van der Waals surface area contributed by atoms with Crippen LogP contribution in [-0.2, 0) is 9.53 Å². The van der Waals surface area contributed by atoms with Gasteiger partial charge in [0.2, 0.25) is 0 Å². The van der Waals surface area contributed by atoms with Crippen LogP contribution in [0.4, 0.5) is 4.79 Å². The second-order valence-electron chi connectivity index (χ2n) is 6.09. The molecule has 0 spiro atoms. The van der Waals surface area contributed by atoms with E-state index in [1.807, 2.05) is 24.3 Å². The minimum atomic E-state index is -0.643. The molecule has 1 atom stereocenters. The van der Waals surface area contributed by atoms with Crippen molar-refractivity contribution < 1.29 is 14.3 Å². The number of esters is 1. The lowest BCUT2D eigenvalue weighted by molar-refractivity contribution is -0.142. The third-order valence-corrected chi connectivity index (χ3v) is 4.47. The van der Waals surface area contributed by atoms with Crippen LogP contribution in [0.3, 0.4) is 0 Å². The van der Waals surface area contributed by atoms with Gasteiger partial charge in [0.05, 0.1) is 18.1 Å². The number of piperidine rings is 1. The van der Waals surface area contributed by atoms with Crippen molar-refractivity contribution >= 4 is 23.0 Å². The van der Waals surface area contributed by atoms with Crippen LogP contribution >= 0.6 is 0 Å². The lowest BCUT2D eigenvalue weighted by Crippen LogP contribution is -2.49. The summed E-state index contributed by atoms with van der Waals surface area (Å²) < 4.78 is 4.62. The molecule has 128 valence electrons. The van der Waals surface area contributed by atoms with Crippen molar-refractivity contribution in [1.82, 2.24) is 20.2 Å². The number of para-hydroxylation sites is 2. The molecule has 2 aromatic rings. The predicted octanol–water partition coefficient (Wildman–Crippen LogP) is 2.01. The van der Waals surface area contributed by atoms with E-state index in [4.69, 9.17) is 0 Å². The Morgan fingerprint density at radius 1 is 1.33 bits per heavy atom. The maximum absolute atomic E-state index is 12.2. The van der Waals surface area contributed by atoms with Gasteiger partial charge < -0.3 is 19.9 Å². The topological polar surface area (TPSA) is 87.3 Å². The van der Waals surface area contributed by atoms with E-state index in [1.54, 1.807) is 11.8 Å². The number of hydrogen-bond acceptors (Lipinski definition) is 4. The molecule has 2 N–H and O–H groups in total. The zero-order valence-corrected chi connectivity index (χ0v) is 13.9. The number of likely N-dealkylation sites (tertiary alicyclic amines) is 1. The molecule has 0 saturated carbocycles. The van der Waals surface area contributed by atoms with Crippen LogP contribution in [-0.4, -0.2) is 53.1 Å². The van der Waals surface area contributed by atoms with E-state index >= 15 is 0 Å². The average Bonchev–Trinajstić information content (AvgIpc) is 3.05. The fourth-order valence-electron chi connectivity index (χ4n) is 3.03. The van der Waals surface area contributed by atoms with Gasteiger partial charge in [0.1, 0.15) is 11.9 Å². The molecule has 0 aliphatic carbocycles. The molecule has 24 heavy (non-hydrogen) atoms. The van der Waals surface area contributed by atoms with E-state index in [9.17, 15) is 9.59 Å². The predicted molar refractivity (Wildman–Crippen MR) is 89.7 cm³/mol. The number of amides is 2. The van der Waals surface area contributed by atoms with E-state index in [2.05, 4.69) is 20.0 Å². The SMILES string of the molecule is COC(=O)[C@H](C)NC(=O)N1CCC(c2nc3ccccc3[nH]2)CC1. The molecule has 7 nitrogen and oxygen atoms in total. The zero-order chi connectivity index (χ0) is 17.1. The molecule has 1 aromatic heterocycles. The number of rotatable bonds is 3. The number of imidazole rings is 1. The minimum Gasteiger partial charge on any atom is -0.467 e. The molecule has 7 heteroatoms. The zero-order valence-electron chi connectivity index (χ0n) is 13.9. The number of ether oxygens (including phenoxy) is 1. The summed E-state index contributed by atoms with van der Waals surface area (Å²) in [6, 6.07) is 7.10. The Kier molecular flexibility index (Phi) is 4.69. The molecule has 1 fully saturated rings. The number of aromatic nitrogens is 2. The number of benzene rings is 1. The van der Waals surface area contributed by atoms with Crippen LogP contribution in [0.15, 0.2) is 24.3 Å². The lowest BCUT2D eigenvalue weighted by atomic mass is 9.96. The Labute approximate surface area is 140 Å². The highest BCUT2D eigenvalue weighted by Gasteiger charge is 2.27. The smallest absolute Gasteiger partial charge is 0.328 e. The molecule has 0 bridgehead atoms. The Balaban J connectivity index is 1.57. The van der Waals surface area contributed by atoms with Crippen LogP contribution in [0.2, 0.25) is 0 Å². The highest BCUT2D eigenvalue weighted by molar-refractivity contribution is 5.83. The summed E-state index contributed by atoms with van der Waals surface area (Å²) in [7, 11) is 1.31. The summed E-state index contributed by atoms with van der Waals surface area (Å²) in [5, 5.41) is 2.67. The van der Waals surface area contributed by atoms with Crippen molar-refractivity contribution in [1.29, 1.82) is 0 Å². The molecule has 2 heterocycles. The third-order valence-electron chi connectivity index (χ3n) is 4.47. The summed E-state index contributed by atoms with van der Waals surface area (Å²) in [5.41, 5.74) is 2.01. The van der Waals surface area contributed by atoms with Gasteiger partial charge in [-0.05, 0) is 31.9 Å². The van der Waals surface area contributed by atoms with Crippen LogP contribution in [0.1, 0.15) is 31.5 Å². The van der Waals surface area contributed by atoms with Gasteiger partial charge in [0, 0.05) is 19.0 Å². The number of carbonyl (C=O) groups is 2. The normalized spacial score (nSPS) is 16.8. The number of fused-ring (bicyclic) bond motifs is 1. The van der Waals surface area contributed by atoms with Gasteiger partial charge >= 0.3 is 12.0 Å². The fourth-order valence-corrected chi connectivity index (χ4v) is 3.03. The Bertz CT molecular complexity index is 701. The quantitative estimate of drug-likeness (QED) is 0.843. The van der Waals surface area contributed by atoms with Crippen molar-refractivity contribution in [2.24, 2.45) is 0 Å². The van der Waals surface area contributed by atoms with Crippen LogP contribution in [0.25, 0.3) is 11.0 Å². The standard InChI is InChI=1S/C17H22N4O3/c1-11(16(22)24-2)18-17(23)21-9-7-12(8-10-21)15-19-13-5-3-4-6-14(13)20-15/h3-6,11-12H,7-10H2,1-2H3,(H,18,23)(H,19,20)/t11-/m0/s1. The number of methoxy groups -OCH3 is 1. The minimum absolute atomic E-state index is 0.226. The molecule has 3 rings (SSSR count). The van der Waals surface area contributed by atoms with E-state index in [0.29, 0.717) is 19.0 Å². The van der Waals surface area contributed by atoms with Crippen LogP contribution in [0, 0.1) is 0 Å². The Morgan fingerprint density at radius 3 is 2.71 bits per heavy atom. The van der Waals surface area contributed by atoms with E-state index in [0.717, 1.165) is 29.7 Å². The van der Waals surface area contributed by atoms with Crippen LogP contribution in [0.5, 0.6) is 0 Å². The number of H-pyrrole nitrogens is 1. The Hall–Kier alpha value is -2.57. The summed E-state index contributed by atoms with van der Waals surface area (Å²) in [5.74, 6) is 0.860. The first-order valence-electron chi connectivity index (χ1n) is 8.16. The van der Waals surface area contributed by atoms with Gasteiger partial charge in [-0.1, -0.05) is 12.1 Å². The monoisotopic (exact) mass is 330 g/mol. The molecule has 1 aromatic carbocycles. The molecule has 0 unspecified atom stereocenters. The molecule has 2 amide bonds. The van der Waals surface area contributed by atoms with Crippen molar-refractivity contribution in [2.75, 3.05) is 20.2 Å². The first-order chi connectivity index (χ1) is 11.6. The van der Waals surface area contributed by atoms with Gasteiger partial charge in [0.15, 0.2) is 0 Å². The Morgan fingerprint density at radius 2 is 2.04 bits per heavy atom. The van der Waals surface area contributed by atoms with Gasteiger partial charge in [-0.2, -0.15) is 0 Å². The van der Waals surface area contributed by atoms with Gasteiger partial charge in [-0.3, -0.25) is 0 Å². The largest absolute Gasteiger partial charge is 0.467 e. The average molecular weight is 330 g/mol. The summed E-state index contributed by atoms with van der Waals surface area (Å²) in [6.07, 6.45) is 1.69. The summed E-state index contributed by atoms with van der Waals surface area (Å²) in [6.45, 7) is 2.90. The molecular formula is C17H22N4O3. The second-order valence-corrected chi connectivity index (χ2v) is 6.09. The third kappa shape index (κ3) is 3.34. The maximum atomic E-state index is 12.2. The second kappa shape index (κ2) is 6.90. The van der Waals surface area contributed by atoms with Crippen molar-refractivity contribution in [3.63, 3.8) is 0 Å². The molecule has 1 saturated heterocycles. The fraction of sp³-hybridized carbons (Fsp3) is 0.471. The van der Waals surface area contributed by atoms with E-state index in [-0.39, 0.29) is 6.03 Å². The first kappa shape index (κ1) is 16.3. The molecular weight excluding hydrogens is 308 g/mol. The molecule has 1 aliphatic heterocycles. The van der Waals surface area contributed by atoms with E-state index in [1.165, 1.54) is 7.11 Å². The van der Waals surface area contributed by atoms with Gasteiger partial charge in [0.25, 0.3) is 0 Å². The number of aromatic amines is 1. The van der Waals surface area contributed by atoms with Crippen molar-refractivity contribution in [2.45, 2.75) is 31.7 Å². The van der Waals surface area contributed by atoms with Gasteiger partial charge in [-0.25, -0.2) is 14.6 Å².